The van der Waals surface area contributed by atoms with Crippen LogP contribution in [0.3, 0.4) is 0 Å². The van der Waals surface area contributed by atoms with E-state index >= 15 is 0 Å². The Balaban J connectivity index is 2.11. The van der Waals surface area contributed by atoms with Crippen LogP contribution in [0.5, 0.6) is 0 Å². The van der Waals surface area contributed by atoms with Gasteiger partial charge < -0.3 is 11.1 Å². The molecule has 0 saturated heterocycles. The Morgan fingerprint density at radius 1 is 1.40 bits per heavy atom. The van der Waals surface area contributed by atoms with E-state index in [2.05, 4.69) is 24.3 Å². The standard InChI is InChI=1S/C15H26N4O/c1-9(2)19-11(4)14(10(3)18-19)17-15(20)12-6-5-7-13(16)8-12/h9,12-13H,5-8,16H2,1-4H3,(H,17,20). The monoisotopic (exact) mass is 278 g/mol. The fourth-order valence-corrected chi connectivity index (χ4v) is 3.04. The van der Waals surface area contributed by atoms with Gasteiger partial charge in [-0.1, -0.05) is 6.42 Å². The van der Waals surface area contributed by atoms with Gasteiger partial charge in [0.1, 0.15) is 0 Å². The Bertz CT molecular complexity index is 492. The number of aromatic nitrogens is 2. The SMILES string of the molecule is Cc1nn(C(C)C)c(C)c1NC(=O)C1CCCC(N)C1. The van der Waals surface area contributed by atoms with Crippen LogP contribution in [0.25, 0.3) is 0 Å². The number of amides is 1. The maximum absolute atomic E-state index is 12.4. The van der Waals surface area contributed by atoms with Gasteiger partial charge in [-0.15, -0.1) is 0 Å². The summed E-state index contributed by atoms with van der Waals surface area (Å²) in [6.07, 6.45) is 3.81. The average Bonchev–Trinajstić information content (AvgIpc) is 2.67. The smallest absolute Gasteiger partial charge is 0.227 e. The second-order valence-corrected chi connectivity index (χ2v) is 6.20. The third-order valence-corrected chi connectivity index (χ3v) is 4.15. The molecule has 1 amide bonds. The lowest BCUT2D eigenvalue weighted by Crippen LogP contribution is -2.34. The molecule has 1 aliphatic carbocycles. The highest BCUT2D eigenvalue weighted by molar-refractivity contribution is 5.93. The summed E-state index contributed by atoms with van der Waals surface area (Å²) in [7, 11) is 0. The summed E-state index contributed by atoms with van der Waals surface area (Å²) in [5.41, 5.74) is 8.73. The molecule has 2 unspecified atom stereocenters. The van der Waals surface area contributed by atoms with Gasteiger partial charge in [-0.2, -0.15) is 5.10 Å². The van der Waals surface area contributed by atoms with Crippen molar-refractivity contribution in [1.29, 1.82) is 0 Å². The summed E-state index contributed by atoms with van der Waals surface area (Å²) in [5, 5.41) is 7.57. The van der Waals surface area contributed by atoms with Crippen LogP contribution < -0.4 is 11.1 Å². The number of nitrogens with two attached hydrogens (primary N) is 1. The first-order valence-electron chi connectivity index (χ1n) is 7.52. The van der Waals surface area contributed by atoms with Gasteiger partial charge in [0.15, 0.2) is 0 Å². The van der Waals surface area contributed by atoms with Gasteiger partial charge in [-0.05, 0) is 47.0 Å². The molecular weight excluding hydrogens is 252 g/mol. The van der Waals surface area contributed by atoms with Crippen molar-refractivity contribution in [1.82, 2.24) is 9.78 Å². The molecule has 3 N–H and O–H groups in total. The highest BCUT2D eigenvalue weighted by Gasteiger charge is 2.26. The summed E-state index contributed by atoms with van der Waals surface area (Å²) in [5.74, 6) is 0.134. The Kier molecular flexibility index (Phi) is 4.48. The molecule has 2 rings (SSSR count). The number of hydrogen-bond donors (Lipinski definition) is 2. The minimum atomic E-state index is 0.0416. The number of carbonyl (C=O) groups excluding carboxylic acids is 1. The topological polar surface area (TPSA) is 72.9 Å². The van der Waals surface area contributed by atoms with E-state index in [-0.39, 0.29) is 17.9 Å². The number of carbonyl (C=O) groups is 1. The van der Waals surface area contributed by atoms with Crippen molar-refractivity contribution in [2.24, 2.45) is 11.7 Å². The Morgan fingerprint density at radius 3 is 2.65 bits per heavy atom. The average molecular weight is 278 g/mol. The van der Waals surface area contributed by atoms with Crippen LogP contribution in [-0.4, -0.2) is 21.7 Å². The molecule has 2 atom stereocenters. The molecule has 1 heterocycles. The van der Waals surface area contributed by atoms with Crippen LogP contribution in [-0.2, 0) is 4.79 Å². The first-order valence-corrected chi connectivity index (χ1v) is 7.52. The normalized spacial score (nSPS) is 23.1. The zero-order chi connectivity index (χ0) is 14.9. The van der Waals surface area contributed by atoms with Gasteiger partial charge in [0, 0.05) is 18.0 Å². The molecule has 0 aromatic carbocycles. The van der Waals surface area contributed by atoms with E-state index in [0.29, 0.717) is 6.04 Å². The predicted molar refractivity (Wildman–Crippen MR) is 80.6 cm³/mol. The molecule has 5 nitrogen and oxygen atoms in total. The molecule has 0 bridgehead atoms. The van der Waals surface area contributed by atoms with Crippen LogP contribution in [0, 0.1) is 19.8 Å². The molecule has 5 heteroatoms. The predicted octanol–water partition coefficient (Wildman–Crippen LogP) is 2.54. The summed E-state index contributed by atoms with van der Waals surface area (Å²) < 4.78 is 1.96. The quantitative estimate of drug-likeness (QED) is 0.892. The molecule has 0 radical (unpaired) electrons. The van der Waals surface area contributed by atoms with Gasteiger partial charge in [0.2, 0.25) is 5.91 Å². The van der Waals surface area contributed by atoms with Crippen LogP contribution in [0.1, 0.15) is 57.0 Å². The van der Waals surface area contributed by atoms with Crippen LogP contribution in [0.2, 0.25) is 0 Å². The van der Waals surface area contributed by atoms with E-state index < -0.39 is 0 Å². The fraction of sp³-hybridized carbons (Fsp3) is 0.733. The minimum absolute atomic E-state index is 0.0416. The van der Waals surface area contributed by atoms with Gasteiger partial charge in [0.05, 0.1) is 17.1 Å². The van der Waals surface area contributed by atoms with Crippen LogP contribution >= 0.6 is 0 Å². The van der Waals surface area contributed by atoms with Gasteiger partial charge >= 0.3 is 0 Å². The van der Waals surface area contributed by atoms with Crippen molar-refractivity contribution in [2.45, 2.75) is 65.5 Å². The number of hydrogen-bond acceptors (Lipinski definition) is 3. The lowest BCUT2D eigenvalue weighted by molar-refractivity contribution is -0.120. The Morgan fingerprint density at radius 2 is 2.10 bits per heavy atom. The van der Waals surface area contributed by atoms with Gasteiger partial charge in [-0.3, -0.25) is 9.48 Å². The molecule has 1 aliphatic rings. The molecule has 0 spiro atoms. The summed E-state index contributed by atoms with van der Waals surface area (Å²) in [6, 6.07) is 0.461. The van der Waals surface area contributed by atoms with Crippen molar-refractivity contribution < 1.29 is 4.79 Å². The van der Waals surface area contributed by atoms with Crippen molar-refractivity contribution in [2.75, 3.05) is 5.32 Å². The van der Waals surface area contributed by atoms with E-state index in [4.69, 9.17) is 5.73 Å². The van der Waals surface area contributed by atoms with E-state index in [1.54, 1.807) is 0 Å². The second kappa shape index (κ2) is 5.95. The van der Waals surface area contributed by atoms with Crippen molar-refractivity contribution in [3.63, 3.8) is 0 Å². The molecule has 1 aromatic rings. The third-order valence-electron chi connectivity index (χ3n) is 4.15. The van der Waals surface area contributed by atoms with Gasteiger partial charge in [0.25, 0.3) is 0 Å². The first-order chi connectivity index (χ1) is 9.40. The molecule has 1 saturated carbocycles. The number of aryl methyl sites for hydroxylation is 1. The van der Waals surface area contributed by atoms with Gasteiger partial charge in [-0.25, -0.2) is 0 Å². The maximum atomic E-state index is 12.4. The Labute approximate surface area is 120 Å². The Hall–Kier alpha value is -1.36. The van der Waals surface area contributed by atoms with E-state index in [0.717, 1.165) is 42.8 Å². The molecule has 1 aromatic heterocycles. The molecular formula is C15H26N4O. The number of anilines is 1. The van der Waals surface area contributed by atoms with Crippen LogP contribution in [0.15, 0.2) is 0 Å². The molecule has 112 valence electrons. The van der Waals surface area contributed by atoms with Crippen molar-refractivity contribution in [3.05, 3.63) is 11.4 Å². The maximum Gasteiger partial charge on any atom is 0.227 e. The minimum Gasteiger partial charge on any atom is -0.328 e. The van der Waals surface area contributed by atoms with E-state index in [1.165, 1.54) is 0 Å². The fourth-order valence-electron chi connectivity index (χ4n) is 3.04. The zero-order valence-electron chi connectivity index (χ0n) is 12.9. The molecule has 1 fully saturated rings. The first kappa shape index (κ1) is 15.0. The summed E-state index contributed by atoms with van der Waals surface area (Å²) >= 11 is 0. The summed E-state index contributed by atoms with van der Waals surface area (Å²) in [6.45, 7) is 8.12. The molecule has 20 heavy (non-hydrogen) atoms. The van der Waals surface area contributed by atoms with Crippen molar-refractivity contribution >= 4 is 11.6 Å². The third kappa shape index (κ3) is 3.03. The molecule has 0 aliphatic heterocycles. The number of nitrogens with one attached hydrogen (secondary N) is 1. The second-order valence-electron chi connectivity index (χ2n) is 6.20. The van der Waals surface area contributed by atoms with Crippen molar-refractivity contribution in [3.8, 4) is 0 Å². The van der Waals surface area contributed by atoms with E-state index in [1.807, 2.05) is 18.5 Å². The highest BCUT2D eigenvalue weighted by Crippen LogP contribution is 2.27. The van der Waals surface area contributed by atoms with Crippen LogP contribution in [0.4, 0.5) is 5.69 Å². The number of nitrogens with zero attached hydrogens (tertiary/aromatic N) is 2. The van der Waals surface area contributed by atoms with E-state index in [9.17, 15) is 4.79 Å². The summed E-state index contributed by atoms with van der Waals surface area (Å²) in [4.78, 5) is 12.4. The zero-order valence-corrected chi connectivity index (χ0v) is 12.9. The highest BCUT2D eigenvalue weighted by atomic mass is 16.1. The largest absolute Gasteiger partial charge is 0.328 e. The lowest BCUT2D eigenvalue weighted by atomic mass is 9.85. The number of rotatable bonds is 3. The lowest BCUT2D eigenvalue weighted by Gasteiger charge is -2.25.